The number of hydrogen-bond acceptors (Lipinski definition) is 4. The third kappa shape index (κ3) is 4.24. The molecule has 19 heavy (non-hydrogen) atoms. The summed E-state index contributed by atoms with van der Waals surface area (Å²) in [5, 5.41) is 12.3. The Bertz CT molecular complexity index is 566. The molecule has 2 aromatic rings. The average molecular weight is 387 g/mol. The van der Waals surface area contributed by atoms with E-state index in [1.807, 2.05) is 12.1 Å². The molecule has 0 spiro atoms. The number of nitrogens with one attached hydrogen (secondary N) is 1. The zero-order valence-electron chi connectivity index (χ0n) is 10.7. The van der Waals surface area contributed by atoms with Gasteiger partial charge in [0.15, 0.2) is 0 Å². The number of anilines is 1. The van der Waals surface area contributed by atoms with Gasteiger partial charge in [0.1, 0.15) is 5.01 Å². The minimum absolute atomic E-state index is 0.149. The second kappa shape index (κ2) is 6.42. The van der Waals surface area contributed by atoms with Crippen molar-refractivity contribution in [1.29, 1.82) is 0 Å². The van der Waals surface area contributed by atoms with Gasteiger partial charge in [-0.05, 0) is 52.8 Å². The summed E-state index contributed by atoms with van der Waals surface area (Å²) in [5.74, 6) is 0.386. The van der Waals surface area contributed by atoms with Crippen LogP contribution in [0.25, 0.3) is 0 Å². The molecule has 1 aromatic heterocycles. The maximum absolute atomic E-state index is 12.0. The van der Waals surface area contributed by atoms with Crippen molar-refractivity contribution >= 4 is 45.0 Å². The van der Waals surface area contributed by atoms with E-state index in [1.54, 1.807) is 12.1 Å². The Morgan fingerprint density at radius 2 is 2.00 bits per heavy atom. The molecule has 1 amide bonds. The van der Waals surface area contributed by atoms with Gasteiger partial charge in [0.2, 0.25) is 5.13 Å². The van der Waals surface area contributed by atoms with E-state index in [-0.39, 0.29) is 5.91 Å². The molecular weight excluding hydrogens is 373 g/mol. The normalized spacial score (nSPS) is 10.7. The van der Waals surface area contributed by atoms with Crippen LogP contribution in [0.3, 0.4) is 0 Å². The number of aromatic nitrogens is 2. The molecule has 0 aliphatic heterocycles. The molecule has 0 fully saturated rings. The second-order valence-corrected chi connectivity index (χ2v) is 6.87. The van der Waals surface area contributed by atoms with E-state index in [0.717, 1.165) is 15.0 Å². The lowest BCUT2D eigenvalue weighted by Crippen LogP contribution is -2.11. The topological polar surface area (TPSA) is 54.9 Å². The Morgan fingerprint density at radius 1 is 1.32 bits per heavy atom. The molecule has 0 unspecified atom stereocenters. The summed E-state index contributed by atoms with van der Waals surface area (Å²) < 4.78 is 1.10. The zero-order chi connectivity index (χ0) is 13.8. The van der Waals surface area contributed by atoms with Crippen molar-refractivity contribution in [2.75, 3.05) is 5.32 Å². The van der Waals surface area contributed by atoms with Crippen LogP contribution in [-0.2, 0) is 6.42 Å². The monoisotopic (exact) mass is 387 g/mol. The van der Waals surface area contributed by atoms with Gasteiger partial charge >= 0.3 is 0 Å². The number of benzene rings is 1. The van der Waals surface area contributed by atoms with Crippen molar-refractivity contribution in [3.63, 3.8) is 0 Å². The van der Waals surface area contributed by atoms with E-state index in [2.05, 4.69) is 52.0 Å². The van der Waals surface area contributed by atoms with Gasteiger partial charge in [-0.2, -0.15) is 0 Å². The van der Waals surface area contributed by atoms with Gasteiger partial charge in [0.25, 0.3) is 5.91 Å². The maximum atomic E-state index is 12.0. The van der Waals surface area contributed by atoms with E-state index in [1.165, 1.54) is 11.3 Å². The molecule has 6 heteroatoms. The number of amides is 1. The van der Waals surface area contributed by atoms with Crippen molar-refractivity contribution in [2.45, 2.75) is 20.3 Å². The second-order valence-electron chi connectivity index (χ2n) is 4.56. The van der Waals surface area contributed by atoms with Gasteiger partial charge in [-0.3, -0.25) is 10.1 Å². The highest BCUT2D eigenvalue weighted by Crippen LogP contribution is 2.19. The van der Waals surface area contributed by atoms with Gasteiger partial charge in [-0.1, -0.05) is 25.2 Å². The Hall–Kier alpha value is -1.02. The van der Waals surface area contributed by atoms with Crippen LogP contribution in [0.15, 0.2) is 24.3 Å². The van der Waals surface area contributed by atoms with Crippen molar-refractivity contribution in [2.24, 2.45) is 5.92 Å². The average Bonchev–Trinajstić information content (AvgIpc) is 2.76. The first-order chi connectivity index (χ1) is 9.04. The van der Waals surface area contributed by atoms with Crippen LogP contribution >= 0.6 is 33.9 Å². The van der Waals surface area contributed by atoms with E-state index in [0.29, 0.717) is 16.6 Å². The molecule has 0 atom stereocenters. The molecule has 0 aliphatic rings. The Morgan fingerprint density at radius 3 is 2.63 bits per heavy atom. The fourth-order valence-corrected chi connectivity index (χ4v) is 2.81. The van der Waals surface area contributed by atoms with E-state index >= 15 is 0 Å². The molecule has 0 bridgehead atoms. The molecular formula is C13H14IN3OS. The summed E-state index contributed by atoms with van der Waals surface area (Å²) in [6, 6.07) is 7.40. The summed E-state index contributed by atoms with van der Waals surface area (Å²) in [7, 11) is 0. The first-order valence-electron chi connectivity index (χ1n) is 5.94. The third-order valence-corrected chi connectivity index (χ3v) is 3.96. The number of hydrogen-bond donors (Lipinski definition) is 1. The largest absolute Gasteiger partial charge is 0.296 e. The van der Waals surface area contributed by atoms with E-state index in [4.69, 9.17) is 0 Å². The van der Waals surface area contributed by atoms with Crippen LogP contribution in [0, 0.1) is 9.49 Å². The first kappa shape index (κ1) is 14.4. The van der Waals surface area contributed by atoms with Crippen LogP contribution in [0.2, 0.25) is 0 Å². The summed E-state index contributed by atoms with van der Waals surface area (Å²) in [5.41, 5.74) is 0.626. The molecule has 1 aromatic carbocycles. The molecule has 1 heterocycles. The summed E-state index contributed by atoms with van der Waals surface area (Å²) in [6.07, 6.45) is 0.886. The predicted octanol–water partition coefficient (Wildman–Crippen LogP) is 3.59. The summed E-state index contributed by atoms with van der Waals surface area (Å²) >= 11 is 3.64. The lowest BCUT2D eigenvalue weighted by atomic mass is 10.1. The van der Waals surface area contributed by atoms with E-state index in [9.17, 15) is 4.79 Å². The first-order valence-corrected chi connectivity index (χ1v) is 7.83. The quantitative estimate of drug-likeness (QED) is 0.816. The highest BCUT2D eigenvalue weighted by Gasteiger charge is 2.10. The molecule has 4 nitrogen and oxygen atoms in total. The number of nitrogens with zero attached hydrogens (tertiary/aromatic N) is 2. The van der Waals surface area contributed by atoms with Gasteiger partial charge < -0.3 is 0 Å². The van der Waals surface area contributed by atoms with Crippen LogP contribution < -0.4 is 5.32 Å². The Labute approximate surface area is 129 Å². The predicted molar refractivity (Wildman–Crippen MR) is 85.6 cm³/mol. The van der Waals surface area contributed by atoms with Gasteiger partial charge in [-0.15, -0.1) is 10.2 Å². The molecule has 0 aliphatic carbocycles. The fourth-order valence-electron chi connectivity index (χ4n) is 1.51. The van der Waals surface area contributed by atoms with Crippen LogP contribution in [0.1, 0.15) is 29.2 Å². The summed E-state index contributed by atoms with van der Waals surface area (Å²) in [4.78, 5) is 12.0. The minimum atomic E-state index is -0.149. The smallest absolute Gasteiger partial charge is 0.257 e. The molecule has 0 saturated carbocycles. The maximum Gasteiger partial charge on any atom is 0.257 e. The number of halogens is 1. The lowest BCUT2D eigenvalue weighted by molar-refractivity contribution is 0.102. The number of carbonyl (C=O) groups excluding carboxylic acids is 1. The third-order valence-electron chi connectivity index (χ3n) is 2.38. The van der Waals surface area contributed by atoms with Crippen molar-refractivity contribution in [3.05, 3.63) is 38.4 Å². The van der Waals surface area contributed by atoms with Crippen LogP contribution in [0.5, 0.6) is 0 Å². The van der Waals surface area contributed by atoms with Gasteiger partial charge in [0, 0.05) is 15.6 Å². The molecule has 2 rings (SSSR count). The van der Waals surface area contributed by atoms with Crippen LogP contribution in [0.4, 0.5) is 5.13 Å². The lowest BCUT2D eigenvalue weighted by Gasteiger charge is -2.01. The highest BCUT2D eigenvalue weighted by atomic mass is 127. The van der Waals surface area contributed by atoms with Crippen molar-refractivity contribution in [3.8, 4) is 0 Å². The minimum Gasteiger partial charge on any atom is -0.296 e. The molecule has 0 saturated heterocycles. The fraction of sp³-hybridized carbons (Fsp3) is 0.308. The Balaban J connectivity index is 2.02. The van der Waals surface area contributed by atoms with Crippen molar-refractivity contribution in [1.82, 2.24) is 10.2 Å². The number of rotatable bonds is 4. The Kier molecular flexibility index (Phi) is 4.87. The van der Waals surface area contributed by atoms with Crippen molar-refractivity contribution < 1.29 is 4.79 Å². The van der Waals surface area contributed by atoms with Gasteiger partial charge in [0.05, 0.1) is 0 Å². The SMILES string of the molecule is CC(C)Cc1nnc(NC(=O)c2ccc(I)cc2)s1. The molecule has 0 radical (unpaired) electrons. The standard InChI is InChI=1S/C13H14IN3OS/c1-8(2)7-11-16-17-13(19-11)15-12(18)9-3-5-10(14)6-4-9/h3-6,8H,7H2,1-2H3,(H,15,17,18). The summed E-state index contributed by atoms with van der Waals surface area (Å²) in [6.45, 7) is 4.26. The van der Waals surface area contributed by atoms with E-state index < -0.39 is 0 Å². The number of carbonyl (C=O) groups is 1. The molecule has 100 valence electrons. The van der Waals surface area contributed by atoms with Crippen LogP contribution in [-0.4, -0.2) is 16.1 Å². The highest BCUT2D eigenvalue weighted by molar-refractivity contribution is 14.1. The molecule has 1 N–H and O–H groups in total. The zero-order valence-corrected chi connectivity index (χ0v) is 13.7. The van der Waals surface area contributed by atoms with Gasteiger partial charge in [-0.25, -0.2) is 0 Å².